The first-order valence-electron chi connectivity index (χ1n) is 5.72. The molecule has 1 aromatic heterocycles. The monoisotopic (exact) mass is 400 g/mol. The molecule has 0 amide bonds. The number of rotatable bonds is 6. The van der Waals surface area contributed by atoms with Gasteiger partial charge in [-0.05, 0) is 35.8 Å². The normalized spacial score (nSPS) is 13.2. The standard InChI is InChI=1S/C10H17BrN4O4S2/c1-10(2,20(3,16)17)6-14-21(18,19)8-4-7(11)5-13-9(8)15-12/h4-5,14H,6,12H2,1-3H3,(H,13,15). The van der Waals surface area contributed by atoms with Gasteiger partial charge in [0, 0.05) is 23.5 Å². The first-order valence-corrected chi connectivity index (χ1v) is 9.89. The van der Waals surface area contributed by atoms with E-state index >= 15 is 0 Å². The number of halogens is 1. The van der Waals surface area contributed by atoms with Gasteiger partial charge in [0.05, 0.1) is 4.75 Å². The van der Waals surface area contributed by atoms with Crippen LogP contribution in [-0.4, -0.2) is 39.4 Å². The third-order valence-corrected chi connectivity index (χ3v) is 6.94. The fourth-order valence-electron chi connectivity index (χ4n) is 1.21. The summed E-state index contributed by atoms with van der Waals surface area (Å²) in [5.74, 6) is 5.19. The van der Waals surface area contributed by atoms with Gasteiger partial charge < -0.3 is 5.43 Å². The zero-order valence-corrected chi connectivity index (χ0v) is 14.9. The Labute approximate surface area is 132 Å². The molecule has 1 rings (SSSR count). The molecule has 0 aliphatic heterocycles. The number of sulfone groups is 1. The lowest BCUT2D eigenvalue weighted by Crippen LogP contribution is -2.43. The van der Waals surface area contributed by atoms with Gasteiger partial charge in [0.15, 0.2) is 15.7 Å². The molecule has 8 nitrogen and oxygen atoms in total. The van der Waals surface area contributed by atoms with Crippen molar-refractivity contribution in [1.29, 1.82) is 0 Å². The number of hydrogen-bond donors (Lipinski definition) is 3. The second-order valence-corrected chi connectivity index (χ2v) is 10.3. The van der Waals surface area contributed by atoms with E-state index in [2.05, 4.69) is 31.1 Å². The van der Waals surface area contributed by atoms with Crippen LogP contribution in [0.5, 0.6) is 0 Å². The van der Waals surface area contributed by atoms with Crippen LogP contribution >= 0.6 is 15.9 Å². The highest BCUT2D eigenvalue weighted by molar-refractivity contribution is 9.10. The molecule has 0 saturated heterocycles. The second kappa shape index (κ2) is 6.16. The molecule has 0 fully saturated rings. The summed E-state index contributed by atoms with van der Waals surface area (Å²) in [6.07, 6.45) is 2.43. The molecule has 0 saturated carbocycles. The van der Waals surface area contributed by atoms with E-state index in [9.17, 15) is 16.8 Å². The zero-order valence-electron chi connectivity index (χ0n) is 11.7. The Morgan fingerprint density at radius 3 is 2.38 bits per heavy atom. The Balaban J connectivity index is 3.12. The Bertz CT molecular complexity index is 731. The number of pyridine rings is 1. The van der Waals surface area contributed by atoms with Crippen molar-refractivity contribution in [2.24, 2.45) is 5.84 Å². The number of nitrogens with one attached hydrogen (secondary N) is 2. The third kappa shape index (κ3) is 4.36. The van der Waals surface area contributed by atoms with Crippen molar-refractivity contribution in [3.05, 3.63) is 16.7 Å². The lowest BCUT2D eigenvalue weighted by molar-refractivity contribution is 0.537. The van der Waals surface area contributed by atoms with Crippen LogP contribution in [-0.2, 0) is 19.9 Å². The molecular weight excluding hydrogens is 384 g/mol. The summed E-state index contributed by atoms with van der Waals surface area (Å²) in [5.41, 5.74) is 2.19. The first-order chi connectivity index (χ1) is 9.40. The van der Waals surface area contributed by atoms with E-state index in [1.54, 1.807) is 0 Å². The fraction of sp³-hybridized carbons (Fsp3) is 0.500. The lowest BCUT2D eigenvalue weighted by atomic mass is 10.2. The van der Waals surface area contributed by atoms with Crippen LogP contribution in [0.25, 0.3) is 0 Å². The van der Waals surface area contributed by atoms with Crippen LogP contribution in [0.15, 0.2) is 21.6 Å². The van der Waals surface area contributed by atoms with Crippen molar-refractivity contribution in [3.8, 4) is 0 Å². The summed E-state index contributed by atoms with van der Waals surface area (Å²) < 4.78 is 49.2. The van der Waals surface area contributed by atoms with Gasteiger partial charge in [0.2, 0.25) is 10.0 Å². The molecule has 1 aromatic rings. The maximum absolute atomic E-state index is 12.3. The van der Waals surface area contributed by atoms with E-state index in [1.807, 2.05) is 0 Å². The molecule has 120 valence electrons. The highest BCUT2D eigenvalue weighted by atomic mass is 79.9. The molecule has 0 radical (unpaired) electrons. The third-order valence-electron chi connectivity index (χ3n) is 2.94. The number of hydrogen-bond acceptors (Lipinski definition) is 7. The Kier molecular flexibility index (Phi) is 5.37. The van der Waals surface area contributed by atoms with Gasteiger partial charge in [0.1, 0.15) is 4.90 Å². The SMILES string of the molecule is CC(C)(CNS(=O)(=O)c1cc(Br)cnc1NN)S(C)(=O)=O. The molecule has 0 aliphatic carbocycles. The van der Waals surface area contributed by atoms with Crippen molar-refractivity contribution < 1.29 is 16.8 Å². The van der Waals surface area contributed by atoms with Crippen LogP contribution < -0.4 is 16.0 Å². The van der Waals surface area contributed by atoms with Crippen molar-refractivity contribution in [2.75, 3.05) is 18.2 Å². The van der Waals surface area contributed by atoms with Gasteiger partial charge in [-0.3, -0.25) is 0 Å². The molecule has 0 unspecified atom stereocenters. The largest absolute Gasteiger partial charge is 0.307 e. The predicted octanol–water partition coefficient (Wildman–Crippen LogP) is 0.231. The Hall–Kier alpha value is -0.750. The second-order valence-electron chi connectivity index (χ2n) is 5.00. The zero-order chi connectivity index (χ0) is 16.5. The van der Waals surface area contributed by atoms with E-state index in [4.69, 9.17) is 5.84 Å². The van der Waals surface area contributed by atoms with E-state index in [1.165, 1.54) is 26.1 Å². The highest BCUT2D eigenvalue weighted by Gasteiger charge is 2.32. The lowest BCUT2D eigenvalue weighted by Gasteiger charge is -2.23. The summed E-state index contributed by atoms with van der Waals surface area (Å²) in [6, 6.07) is 1.32. The van der Waals surface area contributed by atoms with E-state index < -0.39 is 24.6 Å². The van der Waals surface area contributed by atoms with Crippen molar-refractivity contribution in [1.82, 2.24) is 9.71 Å². The summed E-state index contributed by atoms with van der Waals surface area (Å²) >= 11 is 3.12. The first kappa shape index (κ1) is 18.3. The molecule has 4 N–H and O–H groups in total. The average molecular weight is 401 g/mol. The minimum absolute atomic E-state index is 0.0390. The van der Waals surface area contributed by atoms with Gasteiger partial charge in [0.25, 0.3) is 0 Å². The molecule has 0 aliphatic rings. The number of anilines is 1. The maximum Gasteiger partial charge on any atom is 0.244 e. The maximum atomic E-state index is 12.3. The molecule has 1 heterocycles. The molecule has 21 heavy (non-hydrogen) atoms. The molecule has 0 spiro atoms. The summed E-state index contributed by atoms with van der Waals surface area (Å²) in [7, 11) is -7.39. The van der Waals surface area contributed by atoms with Crippen LogP contribution in [0, 0.1) is 0 Å². The number of nitrogens with two attached hydrogens (primary N) is 1. The summed E-state index contributed by atoms with van der Waals surface area (Å²) in [6.45, 7) is 2.60. The molecule has 11 heteroatoms. The van der Waals surface area contributed by atoms with Gasteiger partial charge in [-0.15, -0.1) is 0 Å². The molecule has 0 bridgehead atoms. The van der Waals surface area contributed by atoms with Crippen molar-refractivity contribution >= 4 is 41.6 Å². The van der Waals surface area contributed by atoms with Crippen molar-refractivity contribution in [3.63, 3.8) is 0 Å². The summed E-state index contributed by atoms with van der Waals surface area (Å²) in [5, 5.41) is 0. The van der Waals surface area contributed by atoms with Crippen LogP contribution in [0.3, 0.4) is 0 Å². The number of aromatic nitrogens is 1. The number of sulfonamides is 1. The Morgan fingerprint density at radius 2 is 1.90 bits per heavy atom. The molecule has 0 aromatic carbocycles. The van der Waals surface area contributed by atoms with Gasteiger partial charge in [-0.2, -0.15) is 0 Å². The highest BCUT2D eigenvalue weighted by Crippen LogP contribution is 2.23. The minimum Gasteiger partial charge on any atom is -0.307 e. The van der Waals surface area contributed by atoms with E-state index in [0.717, 1.165) is 6.26 Å². The topological polar surface area (TPSA) is 131 Å². The Morgan fingerprint density at radius 1 is 1.33 bits per heavy atom. The van der Waals surface area contributed by atoms with Gasteiger partial charge >= 0.3 is 0 Å². The quantitative estimate of drug-likeness (QED) is 0.459. The number of hydrazine groups is 1. The summed E-state index contributed by atoms with van der Waals surface area (Å²) in [4.78, 5) is 3.66. The smallest absolute Gasteiger partial charge is 0.244 e. The van der Waals surface area contributed by atoms with Crippen molar-refractivity contribution in [2.45, 2.75) is 23.5 Å². The predicted molar refractivity (Wildman–Crippen MR) is 83.9 cm³/mol. The average Bonchev–Trinajstić information content (AvgIpc) is 2.35. The van der Waals surface area contributed by atoms with Crippen LogP contribution in [0.2, 0.25) is 0 Å². The van der Waals surface area contributed by atoms with Gasteiger partial charge in [-0.25, -0.2) is 32.4 Å². The molecular formula is C10H17BrN4O4S2. The van der Waals surface area contributed by atoms with Gasteiger partial charge in [-0.1, -0.05) is 0 Å². The van der Waals surface area contributed by atoms with E-state index in [-0.39, 0.29) is 17.3 Å². The molecule has 0 atom stereocenters. The van der Waals surface area contributed by atoms with E-state index in [0.29, 0.717) is 4.47 Å². The number of nitrogen functional groups attached to an aromatic ring is 1. The van der Waals surface area contributed by atoms with Crippen LogP contribution in [0.1, 0.15) is 13.8 Å². The fourth-order valence-corrected chi connectivity index (χ4v) is 3.47. The number of nitrogens with zero attached hydrogens (tertiary/aromatic N) is 1. The minimum atomic E-state index is -3.97. The van der Waals surface area contributed by atoms with Crippen LogP contribution in [0.4, 0.5) is 5.82 Å².